The van der Waals surface area contributed by atoms with E-state index in [-0.39, 0.29) is 0 Å². The lowest BCUT2D eigenvalue weighted by atomic mass is 10.1. The highest BCUT2D eigenvalue weighted by molar-refractivity contribution is 5.47. The first-order chi connectivity index (χ1) is 5.84. The zero-order chi connectivity index (χ0) is 8.81. The Kier molecular flexibility index (Phi) is 3.33. The third kappa shape index (κ3) is 2.38. The Hall–Kier alpha value is -1.31. The van der Waals surface area contributed by atoms with E-state index in [1.165, 1.54) is 11.1 Å². The van der Waals surface area contributed by atoms with Crippen molar-refractivity contribution in [1.82, 2.24) is 5.32 Å². The molecule has 1 radical (unpaired) electrons. The van der Waals surface area contributed by atoms with E-state index in [9.17, 15) is 4.79 Å². The van der Waals surface area contributed by atoms with Crippen LogP contribution in [0.15, 0.2) is 24.3 Å². The van der Waals surface area contributed by atoms with Gasteiger partial charge in [0.05, 0.1) is 0 Å². The molecule has 0 saturated carbocycles. The molecule has 1 aromatic rings. The molecule has 0 unspecified atom stereocenters. The number of nitrogens with one attached hydrogen (secondary N) is 1. The van der Waals surface area contributed by atoms with Crippen LogP contribution in [0.25, 0.3) is 0 Å². The van der Waals surface area contributed by atoms with Crippen LogP contribution < -0.4 is 5.32 Å². The lowest BCUT2D eigenvalue weighted by Gasteiger charge is -2.03. The smallest absolute Gasteiger partial charge is 0.309 e. The number of amides is 1. The lowest BCUT2D eigenvalue weighted by molar-refractivity contribution is 0.542. The van der Waals surface area contributed by atoms with E-state index < -0.39 is 0 Å². The van der Waals surface area contributed by atoms with Gasteiger partial charge >= 0.3 is 6.41 Å². The summed E-state index contributed by atoms with van der Waals surface area (Å²) in [5, 5.41) is 2.52. The molecule has 2 nitrogen and oxygen atoms in total. The van der Waals surface area contributed by atoms with Crippen molar-refractivity contribution in [2.75, 3.05) is 6.54 Å². The molecule has 0 aliphatic heterocycles. The standard InChI is InChI=1S/C10H12NO/c1-9-4-2-3-5-10(9)6-7-11-8-12/h2-5H,6-7H2,1H3,(H,11,12). The minimum absolute atomic E-state index is 0.661. The topological polar surface area (TPSA) is 29.1 Å². The first-order valence-electron chi connectivity index (χ1n) is 3.99. The third-order valence-corrected chi connectivity index (χ3v) is 1.85. The summed E-state index contributed by atoms with van der Waals surface area (Å²) in [6.45, 7) is 2.73. The molecular formula is C10H12NO. The first kappa shape index (κ1) is 8.78. The second kappa shape index (κ2) is 4.54. The predicted octanol–water partition coefficient (Wildman–Crippen LogP) is 1.19. The monoisotopic (exact) mass is 162 g/mol. The first-order valence-corrected chi connectivity index (χ1v) is 3.99. The van der Waals surface area contributed by atoms with Crippen LogP contribution in [0.4, 0.5) is 0 Å². The van der Waals surface area contributed by atoms with Crippen LogP contribution in [0, 0.1) is 6.92 Å². The van der Waals surface area contributed by atoms with Crippen molar-refractivity contribution in [1.29, 1.82) is 0 Å². The van der Waals surface area contributed by atoms with Gasteiger partial charge in [-0.2, -0.15) is 0 Å². The highest BCUT2D eigenvalue weighted by Crippen LogP contribution is 2.06. The summed E-state index contributed by atoms with van der Waals surface area (Å²) in [5.74, 6) is 0. The van der Waals surface area contributed by atoms with Gasteiger partial charge in [0.1, 0.15) is 0 Å². The zero-order valence-electron chi connectivity index (χ0n) is 7.13. The molecule has 0 spiro atoms. The minimum atomic E-state index is 0.661. The van der Waals surface area contributed by atoms with Gasteiger partial charge < -0.3 is 5.32 Å². The Balaban J connectivity index is 2.51. The summed E-state index contributed by atoms with van der Waals surface area (Å²) in [5.41, 5.74) is 2.55. The van der Waals surface area contributed by atoms with Gasteiger partial charge in [0, 0.05) is 6.54 Å². The molecular weight excluding hydrogens is 150 g/mol. The number of rotatable bonds is 4. The summed E-state index contributed by atoms with van der Waals surface area (Å²) in [7, 11) is 0. The van der Waals surface area contributed by atoms with Crippen LogP contribution in [0.2, 0.25) is 0 Å². The minimum Gasteiger partial charge on any atom is -0.348 e. The van der Waals surface area contributed by atoms with Crippen LogP contribution in [0.1, 0.15) is 11.1 Å². The van der Waals surface area contributed by atoms with Gasteiger partial charge in [-0.1, -0.05) is 24.3 Å². The van der Waals surface area contributed by atoms with E-state index in [1.54, 1.807) is 6.41 Å². The summed E-state index contributed by atoms with van der Waals surface area (Å²) < 4.78 is 0. The van der Waals surface area contributed by atoms with E-state index in [1.807, 2.05) is 12.1 Å². The van der Waals surface area contributed by atoms with Gasteiger partial charge in [-0.25, -0.2) is 0 Å². The molecule has 0 fully saturated rings. The molecule has 0 aliphatic carbocycles. The molecule has 2 heteroatoms. The fourth-order valence-electron chi connectivity index (χ4n) is 1.14. The van der Waals surface area contributed by atoms with Crippen molar-refractivity contribution >= 4 is 6.41 Å². The van der Waals surface area contributed by atoms with Crippen LogP contribution >= 0.6 is 0 Å². The Morgan fingerprint density at radius 1 is 1.42 bits per heavy atom. The number of hydrogen-bond acceptors (Lipinski definition) is 1. The maximum Gasteiger partial charge on any atom is 0.309 e. The van der Waals surface area contributed by atoms with E-state index in [4.69, 9.17) is 0 Å². The second-order valence-corrected chi connectivity index (χ2v) is 2.71. The lowest BCUT2D eigenvalue weighted by Crippen LogP contribution is -2.14. The molecule has 1 aromatic carbocycles. The number of hydrogen-bond donors (Lipinski definition) is 1. The summed E-state index contributed by atoms with van der Waals surface area (Å²) in [6.07, 6.45) is 2.53. The van der Waals surface area contributed by atoms with E-state index in [2.05, 4.69) is 24.4 Å². The van der Waals surface area contributed by atoms with Gasteiger partial charge in [-0.15, -0.1) is 0 Å². The van der Waals surface area contributed by atoms with E-state index in [0.29, 0.717) is 6.54 Å². The molecule has 1 amide bonds. The molecule has 12 heavy (non-hydrogen) atoms. The van der Waals surface area contributed by atoms with Gasteiger partial charge in [-0.05, 0) is 24.5 Å². The number of benzene rings is 1. The quantitative estimate of drug-likeness (QED) is 0.523. The molecule has 0 aliphatic rings. The average molecular weight is 162 g/mol. The van der Waals surface area contributed by atoms with E-state index >= 15 is 0 Å². The van der Waals surface area contributed by atoms with Crippen molar-refractivity contribution in [3.8, 4) is 0 Å². The SMILES string of the molecule is Cc1ccccc1CCN[C]=O. The van der Waals surface area contributed by atoms with Gasteiger partial charge in [0.2, 0.25) is 0 Å². The fraction of sp³-hybridized carbons (Fsp3) is 0.300. The fourth-order valence-corrected chi connectivity index (χ4v) is 1.14. The Morgan fingerprint density at radius 3 is 2.83 bits per heavy atom. The second-order valence-electron chi connectivity index (χ2n) is 2.71. The summed E-state index contributed by atoms with van der Waals surface area (Å²) >= 11 is 0. The van der Waals surface area contributed by atoms with Gasteiger partial charge in [-0.3, -0.25) is 4.79 Å². The van der Waals surface area contributed by atoms with Crippen molar-refractivity contribution < 1.29 is 4.79 Å². The van der Waals surface area contributed by atoms with Crippen molar-refractivity contribution in [3.63, 3.8) is 0 Å². The molecule has 0 aromatic heterocycles. The molecule has 0 atom stereocenters. The van der Waals surface area contributed by atoms with Crippen LogP contribution in [-0.4, -0.2) is 13.0 Å². The predicted molar refractivity (Wildman–Crippen MR) is 48.6 cm³/mol. The van der Waals surface area contributed by atoms with Crippen LogP contribution in [-0.2, 0) is 11.2 Å². The van der Waals surface area contributed by atoms with Gasteiger partial charge in [0.25, 0.3) is 0 Å². The highest BCUT2D eigenvalue weighted by atomic mass is 16.1. The van der Waals surface area contributed by atoms with Crippen LogP contribution in [0.5, 0.6) is 0 Å². The van der Waals surface area contributed by atoms with Gasteiger partial charge in [0.15, 0.2) is 0 Å². The van der Waals surface area contributed by atoms with Crippen molar-refractivity contribution in [2.24, 2.45) is 0 Å². The average Bonchev–Trinajstić information content (AvgIpc) is 2.09. The summed E-state index contributed by atoms with van der Waals surface area (Å²) in [4.78, 5) is 9.84. The molecule has 0 saturated heterocycles. The van der Waals surface area contributed by atoms with E-state index in [0.717, 1.165) is 6.42 Å². The van der Waals surface area contributed by atoms with Crippen molar-refractivity contribution in [2.45, 2.75) is 13.3 Å². The van der Waals surface area contributed by atoms with Crippen LogP contribution in [0.3, 0.4) is 0 Å². The van der Waals surface area contributed by atoms with Crippen molar-refractivity contribution in [3.05, 3.63) is 35.4 Å². The maximum absolute atomic E-state index is 9.84. The molecule has 1 N–H and O–H groups in total. The third-order valence-electron chi connectivity index (χ3n) is 1.85. The Bertz CT molecular complexity index is 258. The summed E-state index contributed by atoms with van der Waals surface area (Å²) in [6, 6.07) is 8.16. The Labute approximate surface area is 72.6 Å². The zero-order valence-corrected chi connectivity index (χ0v) is 7.13. The highest BCUT2D eigenvalue weighted by Gasteiger charge is 1.94. The normalized spacial score (nSPS) is 9.42. The molecule has 0 bridgehead atoms. The Morgan fingerprint density at radius 2 is 2.17 bits per heavy atom. The molecule has 0 heterocycles. The maximum atomic E-state index is 9.84. The molecule has 63 valence electrons. The number of carbonyl (C=O) groups excluding carboxylic acids is 1. The largest absolute Gasteiger partial charge is 0.348 e. The molecule has 1 rings (SSSR count). The number of aryl methyl sites for hydroxylation is 1.